The number of carbonyl (C=O) groups is 2. The summed E-state index contributed by atoms with van der Waals surface area (Å²) in [6, 6.07) is 0. The van der Waals surface area contributed by atoms with Crippen molar-refractivity contribution >= 4 is 22.5 Å². The van der Waals surface area contributed by atoms with E-state index in [0.29, 0.717) is 5.76 Å². The molecule has 6 heteroatoms. The lowest BCUT2D eigenvalue weighted by molar-refractivity contribution is -0.136. The van der Waals surface area contributed by atoms with Crippen LogP contribution in [0.25, 0.3) is 10.8 Å². The van der Waals surface area contributed by atoms with Gasteiger partial charge < -0.3 is 19.7 Å². The molecule has 2 rings (SSSR count). The normalized spacial score (nSPS) is 10.9. The van der Waals surface area contributed by atoms with E-state index in [9.17, 15) is 19.8 Å². The topological polar surface area (TPSA) is 108 Å². The van der Waals surface area contributed by atoms with Gasteiger partial charge >= 0.3 is 5.97 Å². The van der Waals surface area contributed by atoms with E-state index in [-0.39, 0.29) is 39.2 Å². The van der Waals surface area contributed by atoms with Gasteiger partial charge in [-0.05, 0) is 20.8 Å². The number of rotatable bonds is 3. The summed E-state index contributed by atoms with van der Waals surface area (Å²) in [6.07, 6.45) is -0.438. The molecule has 1 heterocycles. The largest absolute Gasteiger partial charge is 0.507 e. The highest BCUT2D eigenvalue weighted by Gasteiger charge is 2.26. The number of carboxylic acids is 1. The second kappa shape index (κ2) is 4.56. The van der Waals surface area contributed by atoms with Crippen molar-refractivity contribution in [3.63, 3.8) is 0 Å². The second-order valence-electron chi connectivity index (χ2n) is 4.66. The van der Waals surface area contributed by atoms with Gasteiger partial charge in [0.15, 0.2) is 5.78 Å². The van der Waals surface area contributed by atoms with Crippen molar-refractivity contribution in [2.24, 2.45) is 0 Å². The zero-order valence-electron chi connectivity index (χ0n) is 11.3. The van der Waals surface area contributed by atoms with Gasteiger partial charge in [0, 0.05) is 10.9 Å². The van der Waals surface area contributed by atoms with E-state index >= 15 is 0 Å². The van der Waals surface area contributed by atoms with Gasteiger partial charge in [-0.3, -0.25) is 9.59 Å². The Balaban J connectivity index is 3.00. The summed E-state index contributed by atoms with van der Waals surface area (Å²) in [4.78, 5) is 22.6. The summed E-state index contributed by atoms with van der Waals surface area (Å²) in [6.45, 7) is 4.30. The number of aryl methyl sites for hydroxylation is 1. The molecule has 0 amide bonds. The highest BCUT2D eigenvalue weighted by atomic mass is 16.4. The van der Waals surface area contributed by atoms with Gasteiger partial charge in [0.1, 0.15) is 29.4 Å². The Kier molecular flexibility index (Phi) is 3.17. The fourth-order valence-electron chi connectivity index (χ4n) is 2.36. The van der Waals surface area contributed by atoms with E-state index in [4.69, 9.17) is 9.52 Å². The summed E-state index contributed by atoms with van der Waals surface area (Å²) < 4.78 is 5.35. The minimum absolute atomic E-state index is 0.0246. The molecule has 0 bridgehead atoms. The van der Waals surface area contributed by atoms with Crippen molar-refractivity contribution in [3.05, 3.63) is 22.6 Å². The molecular weight excluding hydrogens is 264 g/mol. The van der Waals surface area contributed by atoms with Crippen LogP contribution in [0.4, 0.5) is 0 Å². The molecule has 20 heavy (non-hydrogen) atoms. The number of carboxylic acid groups (broad SMARTS) is 1. The van der Waals surface area contributed by atoms with Crippen LogP contribution in [0.1, 0.15) is 34.4 Å². The van der Waals surface area contributed by atoms with Gasteiger partial charge in [-0.25, -0.2) is 0 Å². The predicted molar refractivity (Wildman–Crippen MR) is 70.4 cm³/mol. The first-order valence-electron chi connectivity index (χ1n) is 5.94. The minimum Gasteiger partial charge on any atom is -0.507 e. The third kappa shape index (κ3) is 1.89. The van der Waals surface area contributed by atoms with Crippen LogP contribution in [0.2, 0.25) is 0 Å². The molecule has 6 nitrogen and oxygen atoms in total. The standard InChI is InChI=1S/C14H14O6/c1-5-13(18)10(6(2)15)12-8(4-9(16)17)20-7(3)11(12)14(5)19/h18-19H,4H2,1-3H3,(H,16,17). The molecule has 106 valence electrons. The summed E-state index contributed by atoms with van der Waals surface area (Å²) >= 11 is 0. The van der Waals surface area contributed by atoms with Gasteiger partial charge in [0.05, 0.1) is 10.9 Å². The molecule has 1 aromatic carbocycles. The van der Waals surface area contributed by atoms with Crippen LogP contribution in [0.15, 0.2) is 4.42 Å². The molecule has 0 spiro atoms. The molecule has 2 aromatic rings. The lowest BCUT2D eigenvalue weighted by Gasteiger charge is -2.09. The molecule has 0 saturated carbocycles. The SMILES string of the molecule is CC(=O)c1c(O)c(C)c(O)c2c(C)oc(CC(=O)O)c12. The number of carbonyl (C=O) groups excluding carboxylic acids is 1. The van der Waals surface area contributed by atoms with Crippen LogP contribution in [-0.2, 0) is 11.2 Å². The number of ketones is 1. The first kappa shape index (κ1) is 13.9. The predicted octanol–water partition coefficient (Wildman–Crippen LogP) is 2.29. The van der Waals surface area contributed by atoms with Crippen molar-refractivity contribution in [2.45, 2.75) is 27.2 Å². The van der Waals surface area contributed by atoms with E-state index in [1.807, 2.05) is 0 Å². The molecule has 0 aliphatic carbocycles. The van der Waals surface area contributed by atoms with Gasteiger partial charge in [0.2, 0.25) is 0 Å². The van der Waals surface area contributed by atoms with Crippen LogP contribution in [0.5, 0.6) is 11.5 Å². The van der Waals surface area contributed by atoms with Crippen molar-refractivity contribution < 1.29 is 29.3 Å². The molecule has 0 aliphatic heterocycles. The summed E-state index contributed by atoms with van der Waals surface area (Å²) in [5.41, 5.74) is 0.136. The van der Waals surface area contributed by atoms with Crippen molar-refractivity contribution in [1.29, 1.82) is 0 Å². The van der Waals surface area contributed by atoms with Crippen LogP contribution < -0.4 is 0 Å². The quantitative estimate of drug-likeness (QED) is 0.743. The zero-order chi connectivity index (χ0) is 15.2. The number of aliphatic carboxylic acids is 1. The van der Waals surface area contributed by atoms with Gasteiger partial charge in [-0.1, -0.05) is 0 Å². The number of fused-ring (bicyclic) bond motifs is 1. The molecule has 0 unspecified atom stereocenters. The number of furan rings is 1. The Hall–Kier alpha value is -2.50. The maximum atomic E-state index is 11.8. The Morgan fingerprint density at radius 3 is 2.20 bits per heavy atom. The molecule has 0 radical (unpaired) electrons. The minimum atomic E-state index is -1.13. The van der Waals surface area contributed by atoms with Crippen LogP contribution in [0.3, 0.4) is 0 Å². The van der Waals surface area contributed by atoms with Crippen molar-refractivity contribution in [2.75, 3.05) is 0 Å². The van der Waals surface area contributed by atoms with Crippen LogP contribution in [0, 0.1) is 13.8 Å². The van der Waals surface area contributed by atoms with Gasteiger partial charge in [0.25, 0.3) is 0 Å². The van der Waals surface area contributed by atoms with Crippen LogP contribution in [-0.4, -0.2) is 27.1 Å². The molecule has 0 aliphatic rings. The van der Waals surface area contributed by atoms with Crippen molar-refractivity contribution in [3.8, 4) is 11.5 Å². The smallest absolute Gasteiger partial charge is 0.311 e. The fourth-order valence-corrected chi connectivity index (χ4v) is 2.36. The molecule has 0 atom stereocenters. The third-order valence-corrected chi connectivity index (χ3v) is 3.26. The average Bonchev–Trinajstić information content (AvgIpc) is 2.62. The summed E-state index contributed by atoms with van der Waals surface area (Å²) in [5, 5.41) is 29.5. The van der Waals surface area contributed by atoms with Gasteiger partial charge in [-0.2, -0.15) is 0 Å². The van der Waals surface area contributed by atoms with Crippen molar-refractivity contribution in [1.82, 2.24) is 0 Å². The highest BCUT2D eigenvalue weighted by Crippen LogP contribution is 2.43. The molecule has 1 aromatic heterocycles. The number of hydrogen-bond acceptors (Lipinski definition) is 5. The number of benzene rings is 1. The Morgan fingerprint density at radius 1 is 1.10 bits per heavy atom. The number of aromatic hydroxyl groups is 2. The number of Topliss-reactive ketones (excluding diaryl/α,β-unsaturated/α-hetero) is 1. The lowest BCUT2D eigenvalue weighted by atomic mass is 9.96. The maximum absolute atomic E-state index is 11.8. The molecule has 0 saturated heterocycles. The zero-order valence-corrected chi connectivity index (χ0v) is 11.3. The Morgan fingerprint density at radius 2 is 1.70 bits per heavy atom. The van der Waals surface area contributed by atoms with E-state index in [2.05, 4.69) is 0 Å². The third-order valence-electron chi connectivity index (χ3n) is 3.26. The molecule has 3 N–H and O–H groups in total. The van der Waals surface area contributed by atoms with E-state index in [0.717, 1.165) is 0 Å². The Labute approximate surface area is 114 Å². The highest BCUT2D eigenvalue weighted by molar-refractivity contribution is 6.13. The van der Waals surface area contributed by atoms with E-state index in [1.54, 1.807) is 6.92 Å². The Bertz CT molecular complexity index is 738. The first-order chi connectivity index (χ1) is 9.25. The molecular formula is C14H14O6. The first-order valence-corrected chi connectivity index (χ1v) is 5.94. The molecule has 0 fully saturated rings. The second-order valence-corrected chi connectivity index (χ2v) is 4.66. The maximum Gasteiger partial charge on any atom is 0.311 e. The average molecular weight is 278 g/mol. The fraction of sp³-hybridized carbons (Fsp3) is 0.286. The van der Waals surface area contributed by atoms with Crippen LogP contribution >= 0.6 is 0 Å². The lowest BCUT2D eigenvalue weighted by Crippen LogP contribution is -2.02. The van der Waals surface area contributed by atoms with E-state index < -0.39 is 18.2 Å². The summed E-state index contributed by atoms with van der Waals surface area (Å²) in [7, 11) is 0. The number of hydrogen-bond donors (Lipinski definition) is 3. The monoisotopic (exact) mass is 278 g/mol. The summed E-state index contributed by atoms with van der Waals surface area (Å²) in [5.74, 6) is -1.77. The van der Waals surface area contributed by atoms with Gasteiger partial charge in [-0.15, -0.1) is 0 Å². The van der Waals surface area contributed by atoms with E-state index in [1.165, 1.54) is 13.8 Å². The number of phenols is 2. The number of phenolic OH excluding ortho intramolecular Hbond substituents is 2.